The Kier molecular flexibility index (Phi) is 5.06. The van der Waals surface area contributed by atoms with Gasteiger partial charge in [0, 0.05) is 26.8 Å². The second-order valence-corrected chi connectivity index (χ2v) is 8.55. The Hall–Kier alpha value is -2.32. The highest BCUT2D eigenvalue weighted by Crippen LogP contribution is 2.31. The van der Waals surface area contributed by atoms with Gasteiger partial charge in [0.05, 0.1) is 27.7 Å². The minimum absolute atomic E-state index is 0.124. The first kappa shape index (κ1) is 18.5. The summed E-state index contributed by atoms with van der Waals surface area (Å²) in [6.07, 6.45) is 2.19. The summed E-state index contributed by atoms with van der Waals surface area (Å²) in [5.41, 5.74) is 1.24. The van der Waals surface area contributed by atoms with Gasteiger partial charge in [-0.2, -0.15) is 0 Å². The molecule has 0 bridgehead atoms. The fourth-order valence-electron chi connectivity index (χ4n) is 2.81. The normalized spacial score (nSPS) is 15.7. The minimum atomic E-state index is -3.31. The Morgan fingerprint density at radius 2 is 2.08 bits per heavy atom. The minimum Gasteiger partial charge on any atom is -0.362 e. The number of hydrogen-bond acceptors (Lipinski definition) is 5. The van der Waals surface area contributed by atoms with Gasteiger partial charge >= 0.3 is 0 Å². The van der Waals surface area contributed by atoms with E-state index in [0.717, 1.165) is 0 Å². The summed E-state index contributed by atoms with van der Waals surface area (Å²) in [6, 6.07) is 8.14. The number of aromatic nitrogens is 1. The third-order valence-corrected chi connectivity index (χ3v) is 6.24. The van der Waals surface area contributed by atoms with E-state index in [1.165, 1.54) is 4.31 Å². The first-order chi connectivity index (χ1) is 12.3. The predicted molar refractivity (Wildman–Crippen MR) is 104 cm³/mol. The molecule has 0 unspecified atom stereocenters. The van der Waals surface area contributed by atoms with Crippen LogP contribution in [-0.4, -0.2) is 45.7 Å². The molecule has 0 saturated carbocycles. The molecule has 0 atom stereocenters. The molecule has 1 aromatic carbocycles. The number of nitrogens with zero attached hydrogens (tertiary/aromatic N) is 3. The van der Waals surface area contributed by atoms with E-state index in [1.807, 2.05) is 0 Å². The summed E-state index contributed by atoms with van der Waals surface area (Å²) in [5.74, 6) is 0.281. The Labute approximate surface area is 157 Å². The highest BCUT2D eigenvalue weighted by molar-refractivity contribution is 7.93. The van der Waals surface area contributed by atoms with Crippen molar-refractivity contribution in [1.29, 1.82) is 0 Å². The van der Waals surface area contributed by atoms with Crippen LogP contribution in [0.25, 0.3) is 0 Å². The fourth-order valence-corrected chi connectivity index (χ4v) is 4.54. The number of sulfonamides is 1. The van der Waals surface area contributed by atoms with Crippen molar-refractivity contribution in [3.05, 3.63) is 47.1 Å². The van der Waals surface area contributed by atoms with Crippen LogP contribution in [0.5, 0.6) is 0 Å². The van der Waals surface area contributed by atoms with Crippen LogP contribution in [0.2, 0.25) is 5.02 Å². The number of anilines is 3. The van der Waals surface area contributed by atoms with Crippen LogP contribution in [0.3, 0.4) is 0 Å². The molecule has 2 heterocycles. The zero-order valence-electron chi connectivity index (χ0n) is 14.4. The second kappa shape index (κ2) is 7.13. The lowest BCUT2D eigenvalue weighted by molar-refractivity contribution is 0.102. The molecule has 3 rings (SSSR count). The average molecular weight is 395 g/mol. The van der Waals surface area contributed by atoms with Crippen LogP contribution in [0.15, 0.2) is 36.5 Å². The Bertz CT molecular complexity index is 947. The molecule has 9 heteroatoms. The van der Waals surface area contributed by atoms with Gasteiger partial charge in [0.1, 0.15) is 5.82 Å². The molecule has 1 fully saturated rings. The molecule has 7 nitrogen and oxygen atoms in total. The maximum Gasteiger partial charge on any atom is 0.259 e. The van der Waals surface area contributed by atoms with E-state index >= 15 is 0 Å². The maximum atomic E-state index is 12.7. The van der Waals surface area contributed by atoms with Gasteiger partial charge in [-0.25, -0.2) is 13.4 Å². The third-order valence-electron chi connectivity index (χ3n) is 4.04. The number of hydrogen-bond donors (Lipinski definition) is 1. The number of carbonyl (C=O) groups excluding carboxylic acids is 1. The SMILES string of the molecule is CN(C)c1ncccc1C(=O)Nc1cc(N2CCCS2(=O)=O)ccc1Cl. The zero-order chi connectivity index (χ0) is 18.9. The van der Waals surface area contributed by atoms with Crippen molar-refractivity contribution < 1.29 is 13.2 Å². The lowest BCUT2D eigenvalue weighted by Crippen LogP contribution is -2.25. The van der Waals surface area contributed by atoms with Gasteiger partial charge in [0.15, 0.2) is 0 Å². The average Bonchev–Trinajstić information content (AvgIpc) is 2.96. The monoisotopic (exact) mass is 394 g/mol. The summed E-state index contributed by atoms with van der Waals surface area (Å²) >= 11 is 6.20. The van der Waals surface area contributed by atoms with E-state index in [4.69, 9.17) is 11.6 Å². The van der Waals surface area contributed by atoms with Crippen LogP contribution in [-0.2, 0) is 10.0 Å². The van der Waals surface area contributed by atoms with Crippen molar-refractivity contribution in [2.75, 3.05) is 40.9 Å². The topological polar surface area (TPSA) is 82.6 Å². The molecule has 138 valence electrons. The Morgan fingerprint density at radius 1 is 1.31 bits per heavy atom. The molecule has 26 heavy (non-hydrogen) atoms. The Morgan fingerprint density at radius 3 is 2.73 bits per heavy atom. The molecular formula is C17H19ClN4O3S. The molecular weight excluding hydrogens is 376 g/mol. The highest BCUT2D eigenvalue weighted by atomic mass is 35.5. The van der Waals surface area contributed by atoms with Gasteiger partial charge in [-0.1, -0.05) is 11.6 Å². The summed E-state index contributed by atoms with van der Waals surface area (Å²) in [6.45, 7) is 0.421. The fraction of sp³-hybridized carbons (Fsp3) is 0.294. The van der Waals surface area contributed by atoms with Crippen molar-refractivity contribution in [2.24, 2.45) is 0 Å². The van der Waals surface area contributed by atoms with Crippen LogP contribution in [0.1, 0.15) is 16.8 Å². The van der Waals surface area contributed by atoms with Crippen LogP contribution in [0.4, 0.5) is 17.2 Å². The summed E-state index contributed by atoms with van der Waals surface area (Å²) in [4.78, 5) is 18.6. The van der Waals surface area contributed by atoms with Crippen molar-refractivity contribution in [3.8, 4) is 0 Å². The van der Waals surface area contributed by atoms with Crippen molar-refractivity contribution in [2.45, 2.75) is 6.42 Å². The molecule has 1 amide bonds. The molecule has 1 aliphatic rings. The van der Waals surface area contributed by atoms with Gasteiger partial charge in [-0.15, -0.1) is 0 Å². The second-order valence-electron chi connectivity index (χ2n) is 6.13. The molecule has 1 aromatic heterocycles. The maximum absolute atomic E-state index is 12.7. The predicted octanol–water partition coefficient (Wildman–Crippen LogP) is 2.59. The molecule has 0 radical (unpaired) electrons. The lowest BCUT2D eigenvalue weighted by Gasteiger charge is -2.19. The molecule has 1 saturated heterocycles. The number of nitrogens with one attached hydrogen (secondary N) is 1. The van der Waals surface area contributed by atoms with Crippen molar-refractivity contribution >= 4 is 44.7 Å². The van der Waals surface area contributed by atoms with E-state index < -0.39 is 10.0 Å². The number of rotatable bonds is 4. The van der Waals surface area contributed by atoms with Crippen LogP contribution >= 0.6 is 11.6 Å². The van der Waals surface area contributed by atoms with Crippen molar-refractivity contribution in [3.63, 3.8) is 0 Å². The van der Waals surface area contributed by atoms with Crippen LogP contribution < -0.4 is 14.5 Å². The highest BCUT2D eigenvalue weighted by Gasteiger charge is 2.29. The lowest BCUT2D eigenvalue weighted by atomic mass is 10.2. The van der Waals surface area contributed by atoms with E-state index in [2.05, 4.69) is 10.3 Å². The number of benzene rings is 1. The number of carbonyl (C=O) groups is 1. The molecule has 1 N–H and O–H groups in total. The van der Waals surface area contributed by atoms with Gasteiger partial charge in [0.25, 0.3) is 5.91 Å². The first-order valence-electron chi connectivity index (χ1n) is 8.03. The summed E-state index contributed by atoms with van der Waals surface area (Å²) in [5, 5.41) is 3.08. The van der Waals surface area contributed by atoms with E-state index in [1.54, 1.807) is 55.5 Å². The molecule has 0 spiro atoms. The third kappa shape index (κ3) is 3.61. The Balaban J connectivity index is 1.91. The smallest absolute Gasteiger partial charge is 0.259 e. The van der Waals surface area contributed by atoms with Gasteiger partial charge in [-0.05, 0) is 36.8 Å². The number of pyridine rings is 1. The first-order valence-corrected chi connectivity index (χ1v) is 10.0. The largest absolute Gasteiger partial charge is 0.362 e. The molecule has 2 aromatic rings. The summed E-state index contributed by atoms with van der Waals surface area (Å²) in [7, 11) is 0.286. The van der Waals surface area contributed by atoms with Gasteiger partial charge < -0.3 is 10.2 Å². The number of halogens is 1. The van der Waals surface area contributed by atoms with Gasteiger partial charge in [-0.3, -0.25) is 9.10 Å². The molecule has 1 aliphatic heterocycles. The molecule has 0 aliphatic carbocycles. The van der Waals surface area contributed by atoms with Crippen LogP contribution in [0, 0.1) is 0 Å². The van der Waals surface area contributed by atoms with Crippen molar-refractivity contribution in [1.82, 2.24) is 4.98 Å². The summed E-state index contributed by atoms with van der Waals surface area (Å²) < 4.78 is 25.6. The standard InChI is InChI=1S/C17H19ClN4O3S/c1-21(2)16-13(5-3-8-19-16)17(23)20-15-11-12(6-7-14(15)18)22-9-4-10-26(22,24)25/h3,5-8,11H,4,9-10H2,1-2H3,(H,20,23). The zero-order valence-corrected chi connectivity index (χ0v) is 16.0. The van der Waals surface area contributed by atoms with E-state index in [9.17, 15) is 13.2 Å². The van der Waals surface area contributed by atoms with E-state index in [0.29, 0.717) is 40.7 Å². The van der Waals surface area contributed by atoms with Gasteiger partial charge in [0.2, 0.25) is 10.0 Å². The number of amides is 1. The quantitative estimate of drug-likeness (QED) is 0.861. The van der Waals surface area contributed by atoms with E-state index in [-0.39, 0.29) is 11.7 Å².